The van der Waals surface area contributed by atoms with E-state index in [0.29, 0.717) is 34.8 Å². The number of methoxy groups -OCH3 is 1. The summed E-state index contributed by atoms with van der Waals surface area (Å²) in [7, 11) is 1.55. The molecule has 0 bridgehead atoms. The van der Waals surface area contributed by atoms with Gasteiger partial charge in [-0.15, -0.1) is 12.4 Å². The van der Waals surface area contributed by atoms with Crippen molar-refractivity contribution in [3.05, 3.63) is 58.4 Å². The molecular weight excluding hydrogens is 347 g/mol. The molecule has 0 spiro atoms. The van der Waals surface area contributed by atoms with Crippen LogP contribution in [0.1, 0.15) is 27.0 Å². The summed E-state index contributed by atoms with van der Waals surface area (Å²) in [4.78, 5) is 12.5. The number of nitrogens with two attached hydrogens (primary N) is 1. The summed E-state index contributed by atoms with van der Waals surface area (Å²) in [6.45, 7) is 0.899. The fourth-order valence-corrected chi connectivity index (χ4v) is 2.70. The highest BCUT2D eigenvalue weighted by Gasteiger charge is 2.22. The van der Waals surface area contributed by atoms with E-state index >= 15 is 0 Å². The Morgan fingerprint density at radius 3 is 2.84 bits per heavy atom. The second kappa shape index (κ2) is 8.18. The van der Waals surface area contributed by atoms with E-state index in [9.17, 15) is 9.18 Å². The van der Waals surface area contributed by atoms with Gasteiger partial charge in [0.15, 0.2) is 0 Å². The normalized spacial score (nSPS) is 12.0. The molecule has 0 atom stereocenters. The summed E-state index contributed by atoms with van der Waals surface area (Å²) in [6, 6.07) is 8.26. The van der Waals surface area contributed by atoms with Gasteiger partial charge < -0.3 is 20.5 Å². The number of ether oxygens (including phenoxy) is 2. The maximum Gasteiger partial charge on any atom is 0.255 e. The average molecular weight is 367 g/mol. The maximum atomic E-state index is 14.0. The van der Waals surface area contributed by atoms with Crippen LogP contribution in [0.5, 0.6) is 11.5 Å². The number of hydrogen-bond acceptors (Lipinski definition) is 4. The molecule has 2 aromatic carbocycles. The van der Waals surface area contributed by atoms with Gasteiger partial charge in [-0.3, -0.25) is 4.79 Å². The summed E-state index contributed by atoms with van der Waals surface area (Å²) >= 11 is 0. The van der Waals surface area contributed by atoms with Crippen LogP contribution in [0.3, 0.4) is 0 Å². The van der Waals surface area contributed by atoms with Crippen LogP contribution in [0.4, 0.5) is 4.39 Å². The first-order valence-electron chi connectivity index (χ1n) is 7.71. The summed E-state index contributed by atoms with van der Waals surface area (Å²) in [6.07, 6.45) is 0.738. The Morgan fingerprint density at radius 2 is 2.16 bits per heavy atom. The van der Waals surface area contributed by atoms with E-state index in [-0.39, 0.29) is 37.2 Å². The van der Waals surface area contributed by atoms with E-state index in [1.165, 1.54) is 6.07 Å². The Kier molecular flexibility index (Phi) is 6.22. The molecule has 0 saturated heterocycles. The molecule has 25 heavy (non-hydrogen) atoms. The van der Waals surface area contributed by atoms with Crippen molar-refractivity contribution in [1.82, 2.24) is 5.32 Å². The Morgan fingerprint density at radius 1 is 1.36 bits per heavy atom. The summed E-state index contributed by atoms with van der Waals surface area (Å²) in [5.74, 6) is 0.467. The Labute approximate surface area is 151 Å². The molecule has 1 heterocycles. The van der Waals surface area contributed by atoms with E-state index in [1.54, 1.807) is 25.3 Å². The molecule has 5 nitrogen and oxygen atoms in total. The number of amides is 1. The zero-order valence-corrected chi connectivity index (χ0v) is 14.6. The number of halogens is 2. The molecular formula is C18H20ClFN2O3. The first kappa shape index (κ1) is 19.0. The summed E-state index contributed by atoms with van der Waals surface area (Å²) in [5.41, 5.74) is 7.94. The van der Waals surface area contributed by atoms with Crippen LogP contribution in [-0.2, 0) is 19.5 Å². The number of fused-ring (bicyclic) bond motifs is 1. The zero-order chi connectivity index (χ0) is 17.1. The van der Waals surface area contributed by atoms with Crippen molar-refractivity contribution in [2.75, 3.05) is 13.7 Å². The lowest BCUT2D eigenvalue weighted by atomic mass is 10.1. The lowest BCUT2D eigenvalue weighted by Crippen LogP contribution is -2.24. The van der Waals surface area contributed by atoms with Crippen molar-refractivity contribution in [1.29, 1.82) is 0 Å². The molecule has 134 valence electrons. The fraction of sp³-hybridized carbons (Fsp3) is 0.278. The van der Waals surface area contributed by atoms with Crippen LogP contribution in [0.15, 0.2) is 30.3 Å². The van der Waals surface area contributed by atoms with Crippen molar-refractivity contribution >= 4 is 18.3 Å². The summed E-state index contributed by atoms with van der Waals surface area (Å²) in [5, 5.41) is 2.73. The van der Waals surface area contributed by atoms with Crippen LogP contribution in [0.25, 0.3) is 0 Å². The van der Waals surface area contributed by atoms with Gasteiger partial charge in [-0.2, -0.15) is 0 Å². The van der Waals surface area contributed by atoms with Gasteiger partial charge >= 0.3 is 0 Å². The Balaban J connectivity index is 0.00000225. The number of carbonyl (C=O) groups excluding carboxylic acids is 1. The minimum absolute atomic E-state index is 0. The van der Waals surface area contributed by atoms with Gasteiger partial charge in [0.05, 0.1) is 19.3 Å². The maximum absolute atomic E-state index is 14.0. The predicted molar refractivity (Wildman–Crippen MR) is 94.9 cm³/mol. The molecule has 0 aliphatic carbocycles. The third kappa shape index (κ3) is 4.03. The standard InChI is InChI=1S/C18H19FN2O3.ClH/c1-23-14-7-12-4-5-24-17(12)15(8-14)18(22)21-10-13-3-2-11(9-20)6-16(13)19;/h2-3,6-8H,4-5,9-10,20H2,1H3,(H,21,22);1H. The van der Waals surface area contributed by atoms with Crippen LogP contribution in [-0.4, -0.2) is 19.6 Å². The lowest BCUT2D eigenvalue weighted by molar-refractivity contribution is 0.0947. The molecule has 3 rings (SSSR count). The zero-order valence-electron chi connectivity index (χ0n) is 13.8. The largest absolute Gasteiger partial charge is 0.497 e. The van der Waals surface area contributed by atoms with Crippen molar-refractivity contribution in [3.63, 3.8) is 0 Å². The van der Waals surface area contributed by atoms with Crippen LogP contribution in [0.2, 0.25) is 0 Å². The third-order valence-electron chi connectivity index (χ3n) is 4.03. The molecule has 7 heteroatoms. The molecule has 2 aromatic rings. The van der Waals surface area contributed by atoms with Gasteiger partial charge in [-0.05, 0) is 23.8 Å². The van der Waals surface area contributed by atoms with Gasteiger partial charge in [0.25, 0.3) is 5.91 Å². The number of hydrogen-bond donors (Lipinski definition) is 2. The number of nitrogens with one attached hydrogen (secondary N) is 1. The Bertz CT molecular complexity index is 783. The van der Waals surface area contributed by atoms with Crippen LogP contribution >= 0.6 is 12.4 Å². The van der Waals surface area contributed by atoms with E-state index in [1.807, 2.05) is 6.07 Å². The molecule has 1 aliphatic rings. The second-order valence-corrected chi connectivity index (χ2v) is 5.57. The molecule has 1 aliphatic heterocycles. The highest BCUT2D eigenvalue weighted by Crippen LogP contribution is 2.33. The highest BCUT2D eigenvalue weighted by atomic mass is 35.5. The van der Waals surface area contributed by atoms with E-state index in [4.69, 9.17) is 15.2 Å². The second-order valence-electron chi connectivity index (χ2n) is 5.57. The molecule has 0 saturated carbocycles. The molecule has 3 N–H and O–H groups in total. The molecule has 1 amide bonds. The van der Waals surface area contributed by atoms with Gasteiger partial charge in [0, 0.05) is 30.6 Å². The molecule has 0 aromatic heterocycles. The minimum Gasteiger partial charge on any atom is -0.497 e. The third-order valence-corrected chi connectivity index (χ3v) is 4.03. The van der Waals surface area contributed by atoms with Gasteiger partial charge in [-0.1, -0.05) is 12.1 Å². The smallest absolute Gasteiger partial charge is 0.255 e. The number of rotatable bonds is 5. The topological polar surface area (TPSA) is 73.6 Å². The van der Waals surface area contributed by atoms with Crippen molar-refractivity contribution in [3.8, 4) is 11.5 Å². The average Bonchev–Trinajstić information content (AvgIpc) is 3.07. The lowest BCUT2D eigenvalue weighted by Gasteiger charge is -2.12. The molecule has 0 fully saturated rings. The quantitative estimate of drug-likeness (QED) is 0.853. The predicted octanol–water partition coefficient (Wildman–Crippen LogP) is 2.58. The van der Waals surface area contributed by atoms with Crippen LogP contribution in [0, 0.1) is 5.82 Å². The molecule has 0 unspecified atom stereocenters. The first-order valence-corrected chi connectivity index (χ1v) is 7.71. The Hall–Kier alpha value is -2.31. The number of carbonyl (C=O) groups is 1. The van der Waals surface area contributed by atoms with E-state index in [0.717, 1.165) is 12.0 Å². The SMILES string of the molecule is COc1cc2c(c(C(=O)NCc3ccc(CN)cc3F)c1)OCC2.Cl. The van der Waals surface area contributed by atoms with Crippen molar-refractivity contribution in [2.24, 2.45) is 5.73 Å². The first-order chi connectivity index (χ1) is 11.6. The van der Waals surface area contributed by atoms with Crippen molar-refractivity contribution in [2.45, 2.75) is 19.5 Å². The minimum atomic E-state index is -0.384. The summed E-state index contributed by atoms with van der Waals surface area (Å²) < 4.78 is 24.8. The van der Waals surface area contributed by atoms with Gasteiger partial charge in [0.2, 0.25) is 0 Å². The van der Waals surface area contributed by atoms with E-state index < -0.39 is 0 Å². The number of benzene rings is 2. The fourth-order valence-electron chi connectivity index (χ4n) is 2.70. The monoisotopic (exact) mass is 366 g/mol. The molecule has 0 radical (unpaired) electrons. The van der Waals surface area contributed by atoms with Gasteiger partial charge in [-0.25, -0.2) is 4.39 Å². The highest BCUT2D eigenvalue weighted by molar-refractivity contribution is 5.98. The van der Waals surface area contributed by atoms with Gasteiger partial charge in [0.1, 0.15) is 17.3 Å². The van der Waals surface area contributed by atoms with Crippen molar-refractivity contribution < 1.29 is 18.7 Å². The van der Waals surface area contributed by atoms with Crippen LogP contribution < -0.4 is 20.5 Å². The van der Waals surface area contributed by atoms with E-state index in [2.05, 4.69) is 5.32 Å².